The number of nitrogens with two attached hydrogens (primary N) is 1. The van der Waals surface area contributed by atoms with E-state index in [4.69, 9.17) is 5.73 Å². The first-order valence-corrected chi connectivity index (χ1v) is 5.44. The van der Waals surface area contributed by atoms with Gasteiger partial charge in [0.2, 0.25) is 0 Å². The van der Waals surface area contributed by atoms with Gasteiger partial charge in [0, 0.05) is 12.6 Å². The van der Waals surface area contributed by atoms with E-state index in [-0.39, 0.29) is 5.82 Å². The molecule has 0 heterocycles. The molecule has 2 rings (SSSR count). The average molecular weight is 259 g/mol. The highest BCUT2D eigenvalue weighted by Crippen LogP contribution is 2.31. The van der Waals surface area contributed by atoms with Gasteiger partial charge in [0.05, 0.1) is 15.8 Å². The Labute approximate surface area is 90.8 Å². The van der Waals surface area contributed by atoms with E-state index in [0.29, 0.717) is 10.2 Å². The third-order valence-electron chi connectivity index (χ3n) is 2.37. The summed E-state index contributed by atoms with van der Waals surface area (Å²) in [4.78, 5) is 0. The Kier molecular flexibility index (Phi) is 2.63. The summed E-state index contributed by atoms with van der Waals surface area (Å²) in [5, 5.41) is 3.22. The molecule has 2 nitrogen and oxygen atoms in total. The molecule has 76 valence electrons. The van der Waals surface area contributed by atoms with Crippen molar-refractivity contribution >= 4 is 27.3 Å². The van der Waals surface area contributed by atoms with Gasteiger partial charge in [-0.05, 0) is 40.8 Å². The quantitative estimate of drug-likeness (QED) is 0.819. The predicted molar refractivity (Wildman–Crippen MR) is 59.7 cm³/mol. The number of rotatable bonds is 3. The first-order valence-electron chi connectivity index (χ1n) is 4.65. The number of benzene rings is 1. The van der Waals surface area contributed by atoms with E-state index in [9.17, 15) is 4.39 Å². The maximum atomic E-state index is 13.0. The van der Waals surface area contributed by atoms with Crippen LogP contribution >= 0.6 is 15.9 Å². The highest BCUT2D eigenvalue weighted by molar-refractivity contribution is 9.10. The maximum Gasteiger partial charge on any atom is 0.139 e. The minimum absolute atomic E-state index is 0.320. The highest BCUT2D eigenvalue weighted by Gasteiger charge is 2.21. The monoisotopic (exact) mass is 258 g/mol. The number of hydrogen-bond acceptors (Lipinski definition) is 2. The van der Waals surface area contributed by atoms with Gasteiger partial charge in [-0.1, -0.05) is 0 Å². The lowest BCUT2D eigenvalue weighted by molar-refractivity contribution is 0.622. The van der Waals surface area contributed by atoms with E-state index in [0.717, 1.165) is 18.2 Å². The minimum atomic E-state index is -0.320. The summed E-state index contributed by atoms with van der Waals surface area (Å²) < 4.78 is 13.5. The van der Waals surface area contributed by atoms with Crippen molar-refractivity contribution in [2.45, 2.75) is 12.8 Å². The van der Waals surface area contributed by atoms with Crippen LogP contribution in [0.3, 0.4) is 0 Å². The number of nitrogens with one attached hydrogen (secondary N) is 1. The number of anilines is 2. The zero-order chi connectivity index (χ0) is 10.1. The Hall–Kier alpha value is -0.770. The van der Waals surface area contributed by atoms with Crippen LogP contribution in [0.4, 0.5) is 15.8 Å². The second-order valence-electron chi connectivity index (χ2n) is 3.68. The van der Waals surface area contributed by atoms with Gasteiger partial charge in [0.25, 0.3) is 0 Å². The van der Waals surface area contributed by atoms with Crippen LogP contribution in [0.5, 0.6) is 0 Å². The van der Waals surface area contributed by atoms with E-state index in [2.05, 4.69) is 21.2 Å². The average Bonchev–Trinajstić information content (AvgIpc) is 2.92. The summed E-state index contributed by atoms with van der Waals surface area (Å²) in [7, 11) is 0. The van der Waals surface area contributed by atoms with E-state index in [1.54, 1.807) is 6.07 Å². The van der Waals surface area contributed by atoms with Crippen LogP contribution in [-0.4, -0.2) is 6.54 Å². The fourth-order valence-corrected chi connectivity index (χ4v) is 1.63. The maximum absolute atomic E-state index is 13.0. The molecule has 1 aromatic rings. The Bertz CT molecular complexity index is 350. The van der Waals surface area contributed by atoms with Crippen LogP contribution in [-0.2, 0) is 0 Å². The van der Waals surface area contributed by atoms with Gasteiger partial charge in [-0.2, -0.15) is 0 Å². The number of nitrogen functional groups attached to an aromatic ring is 1. The van der Waals surface area contributed by atoms with Crippen LogP contribution in [0.15, 0.2) is 16.6 Å². The molecule has 0 amide bonds. The summed E-state index contributed by atoms with van der Waals surface area (Å²) in [5.41, 5.74) is 6.95. The molecule has 1 aliphatic carbocycles. The third kappa shape index (κ3) is 2.18. The smallest absolute Gasteiger partial charge is 0.139 e. The SMILES string of the molecule is Nc1cc(F)c(Br)cc1NCC1CC1. The number of hydrogen-bond donors (Lipinski definition) is 2. The molecule has 0 spiro atoms. The van der Waals surface area contributed by atoms with Gasteiger partial charge < -0.3 is 11.1 Å². The van der Waals surface area contributed by atoms with Crippen LogP contribution in [0.25, 0.3) is 0 Å². The van der Waals surface area contributed by atoms with Crippen LogP contribution in [0.1, 0.15) is 12.8 Å². The highest BCUT2D eigenvalue weighted by atomic mass is 79.9. The van der Waals surface area contributed by atoms with Gasteiger partial charge in [-0.25, -0.2) is 4.39 Å². The molecule has 0 radical (unpaired) electrons. The Morgan fingerprint density at radius 3 is 2.86 bits per heavy atom. The molecule has 0 saturated heterocycles. The summed E-state index contributed by atoms with van der Waals surface area (Å²) in [6.07, 6.45) is 2.57. The molecule has 14 heavy (non-hydrogen) atoms. The van der Waals surface area contributed by atoms with Crippen molar-refractivity contribution in [2.24, 2.45) is 5.92 Å². The lowest BCUT2D eigenvalue weighted by atomic mass is 10.2. The molecular formula is C10H12BrFN2. The summed E-state index contributed by atoms with van der Waals surface area (Å²) in [6.45, 7) is 0.933. The van der Waals surface area contributed by atoms with Crippen LogP contribution < -0.4 is 11.1 Å². The van der Waals surface area contributed by atoms with Gasteiger partial charge in [0.1, 0.15) is 5.82 Å². The van der Waals surface area contributed by atoms with Crippen molar-refractivity contribution in [1.82, 2.24) is 0 Å². The largest absolute Gasteiger partial charge is 0.397 e. The second kappa shape index (κ2) is 3.77. The van der Waals surface area contributed by atoms with Crippen molar-refractivity contribution in [2.75, 3.05) is 17.6 Å². The first kappa shape index (κ1) is 9.77. The second-order valence-corrected chi connectivity index (χ2v) is 4.53. The summed E-state index contributed by atoms with van der Waals surface area (Å²) >= 11 is 3.13. The van der Waals surface area contributed by atoms with Gasteiger partial charge in [-0.3, -0.25) is 0 Å². The zero-order valence-corrected chi connectivity index (χ0v) is 9.27. The molecule has 0 atom stereocenters. The van der Waals surface area contributed by atoms with Crippen LogP contribution in [0, 0.1) is 11.7 Å². The molecule has 1 fully saturated rings. The minimum Gasteiger partial charge on any atom is -0.397 e. The Balaban J connectivity index is 2.10. The standard InChI is InChI=1S/C10H12BrFN2/c11-7-3-10(9(13)4-8(7)12)14-5-6-1-2-6/h3-4,6,14H,1-2,5,13H2. The van der Waals surface area contributed by atoms with Crippen molar-refractivity contribution in [3.63, 3.8) is 0 Å². The fraction of sp³-hybridized carbons (Fsp3) is 0.400. The van der Waals surface area contributed by atoms with Gasteiger partial charge in [-0.15, -0.1) is 0 Å². The third-order valence-corrected chi connectivity index (χ3v) is 2.98. The normalized spacial score (nSPS) is 15.6. The molecular weight excluding hydrogens is 247 g/mol. The van der Waals surface area contributed by atoms with Gasteiger partial charge in [0.15, 0.2) is 0 Å². The molecule has 0 aliphatic heterocycles. The molecule has 0 unspecified atom stereocenters. The lowest BCUT2D eigenvalue weighted by Gasteiger charge is -2.09. The van der Waals surface area contributed by atoms with Crippen molar-refractivity contribution in [3.05, 3.63) is 22.4 Å². The van der Waals surface area contributed by atoms with Crippen LogP contribution in [0.2, 0.25) is 0 Å². The molecule has 1 saturated carbocycles. The van der Waals surface area contributed by atoms with Crippen molar-refractivity contribution < 1.29 is 4.39 Å². The topological polar surface area (TPSA) is 38.0 Å². The molecule has 3 N–H and O–H groups in total. The lowest BCUT2D eigenvalue weighted by Crippen LogP contribution is -2.06. The van der Waals surface area contributed by atoms with E-state index in [1.807, 2.05) is 0 Å². The summed E-state index contributed by atoms with van der Waals surface area (Å²) in [5.74, 6) is 0.456. The molecule has 0 bridgehead atoms. The molecule has 4 heteroatoms. The molecule has 1 aliphatic rings. The number of halogens is 2. The Morgan fingerprint density at radius 2 is 2.21 bits per heavy atom. The first-order chi connectivity index (χ1) is 6.66. The zero-order valence-electron chi connectivity index (χ0n) is 7.69. The summed E-state index contributed by atoms with van der Waals surface area (Å²) in [6, 6.07) is 3.02. The Morgan fingerprint density at radius 1 is 1.50 bits per heavy atom. The molecule has 1 aromatic carbocycles. The van der Waals surface area contributed by atoms with E-state index in [1.165, 1.54) is 18.9 Å². The fourth-order valence-electron chi connectivity index (χ4n) is 1.29. The molecule has 0 aromatic heterocycles. The predicted octanol–water partition coefficient (Wildman–Crippen LogP) is 2.99. The van der Waals surface area contributed by atoms with Gasteiger partial charge >= 0.3 is 0 Å². The van der Waals surface area contributed by atoms with Crippen molar-refractivity contribution in [1.29, 1.82) is 0 Å². The van der Waals surface area contributed by atoms with E-state index >= 15 is 0 Å². The van der Waals surface area contributed by atoms with E-state index < -0.39 is 0 Å². The van der Waals surface area contributed by atoms with Crippen molar-refractivity contribution in [3.8, 4) is 0 Å².